The lowest BCUT2D eigenvalue weighted by Crippen LogP contribution is -2.49. The van der Waals surface area contributed by atoms with Crippen LogP contribution in [0.25, 0.3) is 0 Å². The minimum Gasteiger partial charge on any atom is -0.496 e. The van der Waals surface area contributed by atoms with Crippen molar-refractivity contribution in [2.75, 3.05) is 38.6 Å². The number of piperazine rings is 1. The molecule has 0 aliphatic carbocycles. The molecule has 2 amide bonds. The molecule has 0 radical (unpaired) electrons. The van der Waals surface area contributed by atoms with Gasteiger partial charge in [-0.2, -0.15) is 0 Å². The van der Waals surface area contributed by atoms with E-state index >= 15 is 0 Å². The van der Waals surface area contributed by atoms with E-state index in [0.29, 0.717) is 18.1 Å². The Morgan fingerprint density at radius 2 is 1.96 bits per heavy atom. The Hall–Kier alpha value is -1.76. The van der Waals surface area contributed by atoms with Crippen molar-refractivity contribution in [3.8, 4) is 5.75 Å². The summed E-state index contributed by atoms with van der Waals surface area (Å²) in [4.78, 5) is 16.6. The van der Waals surface area contributed by atoms with E-state index in [1.54, 1.807) is 7.11 Å². The summed E-state index contributed by atoms with van der Waals surface area (Å²) in [5.41, 5.74) is 1.85. The van der Waals surface area contributed by atoms with Crippen molar-refractivity contribution in [2.45, 2.75) is 6.54 Å². The molecule has 3 rings (SSSR count). The van der Waals surface area contributed by atoms with E-state index in [1.165, 1.54) is 0 Å². The number of carbonyl (C=O) groups excluding carboxylic acids is 1. The van der Waals surface area contributed by atoms with E-state index in [9.17, 15) is 4.79 Å². The maximum Gasteiger partial charge on any atom is 0.321 e. The average Bonchev–Trinajstić information content (AvgIpc) is 2.62. The van der Waals surface area contributed by atoms with Gasteiger partial charge in [0.2, 0.25) is 0 Å². The van der Waals surface area contributed by atoms with Crippen LogP contribution in [-0.4, -0.2) is 49.1 Å². The maximum absolute atomic E-state index is 12.4. The first-order valence-electron chi connectivity index (χ1n) is 8.41. The summed E-state index contributed by atoms with van der Waals surface area (Å²) in [6.45, 7) is 3.74. The summed E-state index contributed by atoms with van der Waals surface area (Å²) < 4.78 is 6.35. The highest BCUT2D eigenvalue weighted by atomic mass is 79.9. The lowest BCUT2D eigenvalue weighted by molar-refractivity contribution is 0.142. The van der Waals surface area contributed by atoms with Crippen molar-refractivity contribution in [1.29, 1.82) is 0 Å². The summed E-state index contributed by atoms with van der Waals surface area (Å²) in [5.74, 6) is 0.837. The second-order valence-corrected chi connectivity index (χ2v) is 7.51. The van der Waals surface area contributed by atoms with Crippen molar-refractivity contribution >= 4 is 39.2 Å². The second-order valence-electron chi connectivity index (χ2n) is 6.16. The third-order valence-corrected chi connectivity index (χ3v) is 5.10. The Kier molecular flexibility index (Phi) is 6.40. The standard InChI is InChI=1S/C19H21BrClN3O2/c1-26-18-6-5-16(21)11-14(18)13-23-7-9-24(10-8-23)19(25)22-17-4-2-3-15(20)12-17/h2-6,11-12H,7-10,13H2,1H3,(H,22,25). The molecule has 2 aromatic rings. The van der Waals surface area contributed by atoms with E-state index in [1.807, 2.05) is 47.4 Å². The SMILES string of the molecule is COc1ccc(Cl)cc1CN1CCN(C(=O)Nc2cccc(Br)c2)CC1. The van der Waals surface area contributed by atoms with Crippen LogP contribution < -0.4 is 10.1 Å². The van der Waals surface area contributed by atoms with Gasteiger partial charge in [-0.3, -0.25) is 4.90 Å². The van der Waals surface area contributed by atoms with Gasteiger partial charge in [0.25, 0.3) is 0 Å². The number of hydrogen-bond acceptors (Lipinski definition) is 3. The number of ether oxygens (including phenoxy) is 1. The van der Waals surface area contributed by atoms with Crippen molar-refractivity contribution in [1.82, 2.24) is 9.80 Å². The molecule has 7 heteroatoms. The van der Waals surface area contributed by atoms with Gasteiger partial charge in [-0.15, -0.1) is 0 Å². The summed E-state index contributed by atoms with van der Waals surface area (Å²) in [6.07, 6.45) is 0. The molecule has 1 aliphatic heterocycles. The highest BCUT2D eigenvalue weighted by molar-refractivity contribution is 9.10. The predicted octanol–water partition coefficient (Wildman–Crippen LogP) is 4.46. The highest BCUT2D eigenvalue weighted by Crippen LogP contribution is 2.24. The molecule has 1 heterocycles. The molecule has 1 fully saturated rings. The first-order chi connectivity index (χ1) is 12.5. The topological polar surface area (TPSA) is 44.8 Å². The number of benzene rings is 2. The Labute approximate surface area is 167 Å². The fraction of sp³-hybridized carbons (Fsp3) is 0.316. The van der Waals surface area contributed by atoms with Gasteiger partial charge < -0.3 is 15.0 Å². The van der Waals surface area contributed by atoms with Crippen LogP contribution in [0, 0.1) is 0 Å². The molecule has 0 atom stereocenters. The first kappa shape index (κ1) is 19.0. The molecule has 1 N–H and O–H groups in total. The van der Waals surface area contributed by atoms with E-state index in [2.05, 4.69) is 26.1 Å². The van der Waals surface area contributed by atoms with Crippen LogP contribution in [0.3, 0.4) is 0 Å². The largest absolute Gasteiger partial charge is 0.496 e. The van der Waals surface area contributed by atoms with E-state index in [-0.39, 0.29) is 6.03 Å². The van der Waals surface area contributed by atoms with Gasteiger partial charge in [-0.1, -0.05) is 33.6 Å². The molecule has 2 aromatic carbocycles. The van der Waals surface area contributed by atoms with Gasteiger partial charge in [0.1, 0.15) is 5.75 Å². The fourth-order valence-corrected chi connectivity index (χ4v) is 3.58. The molecule has 138 valence electrons. The Morgan fingerprint density at radius 3 is 2.65 bits per heavy atom. The number of nitrogens with zero attached hydrogens (tertiary/aromatic N) is 2. The van der Waals surface area contributed by atoms with Gasteiger partial charge in [0.15, 0.2) is 0 Å². The Bertz CT molecular complexity index is 779. The van der Waals surface area contributed by atoms with Crippen molar-refractivity contribution < 1.29 is 9.53 Å². The van der Waals surface area contributed by atoms with Crippen LogP contribution in [-0.2, 0) is 6.54 Å². The van der Waals surface area contributed by atoms with Gasteiger partial charge in [-0.05, 0) is 36.4 Å². The van der Waals surface area contributed by atoms with Crippen LogP contribution in [0.1, 0.15) is 5.56 Å². The molecular weight excluding hydrogens is 418 g/mol. The molecule has 0 bridgehead atoms. The molecule has 0 unspecified atom stereocenters. The third kappa shape index (κ3) is 4.90. The van der Waals surface area contributed by atoms with E-state index < -0.39 is 0 Å². The summed E-state index contributed by atoms with van der Waals surface area (Å²) in [6, 6.07) is 13.2. The predicted molar refractivity (Wildman–Crippen MR) is 108 cm³/mol. The number of anilines is 1. The van der Waals surface area contributed by atoms with Crippen molar-refractivity contribution in [2.24, 2.45) is 0 Å². The highest BCUT2D eigenvalue weighted by Gasteiger charge is 2.22. The molecule has 1 aliphatic rings. The van der Waals surface area contributed by atoms with Crippen molar-refractivity contribution in [3.63, 3.8) is 0 Å². The summed E-state index contributed by atoms with van der Waals surface area (Å²) >= 11 is 9.52. The van der Waals surface area contributed by atoms with Crippen molar-refractivity contribution in [3.05, 3.63) is 57.5 Å². The van der Waals surface area contributed by atoms with Crippen LogP contribution in [0.2, 0.25) is 5.02 Å². The average molecular weight is 439 g/mol. The normalized spacial score (nSPS) is 15.0. The fourth-order valence-electron chi connectivity index (χ4n) is 2.99. The molecule has 1 saturated heterocycles. The lowest BCUT2D eigenvalue weighted by Gasteiger charge is -2.35. The van der Waals surface area contributed by atoms with E-state index in [4.69, 9.17) is 16.3 Å². The van der Waals surface area contributed by atoms with Gasteiger partial charge in [0, 0.05) is 53.5 Å². The number of halogens is 2. The Morgan fingerprint density at radius 1 is 1.19 bits per heavy atom. The number of hydrogen-bond donors (Lipinski definition) is 1. The Balaban J connectivity index is 1.54. The smallest absolute Gasteiger partial charge is 0.321 e. The number of carbonyl (C=O) groups is 1. The zero-order chi connectivity index (χ0) is 18.5. The van der Waals surface area contributed by atoms with Crippen LogP contribution in [0.15, 0.2) is 46.9 Å². The molecule has 5 nitrogen and oxygen atoms in total. The third-order valence-electron chi connectivity index (χ3n) is 4.37. The van der Waals surface area contributed by atoms with Gasteiger partial charge in [-0.25, -0.2) is 4.79 Å². The van der Waals surface area contributed by atoms with Gasteiger partial charge >= 0.3 is 6.03 Å². The number of nitrogens with one attached hydrogen (secondary N) is 1. The number of rotatable bonds is 4. The number of methoxy groups -OCH3 is 1. The number of urea groups is 1. The quantitative estimate of drug-likeness (QED) is 0.766. The zero-order valence-corrected chi connectivity index (χ0v) is 16.9. The van der Waals surface area contributed by atoms with Gasteiger partial charge in [0.05, 0.1) is 7.11 Å². The molecule has 0 spiro atoms. The molecule has 0 aromatic heterocycles. The monoisotopic (exact) mass is 437 g/mol. The van der Waals surface area contributed by atoms with Crippen LogP contribution in [0.5, 0.6) is 5.75 Å². The lowest BCUT2D eigenvalue weighted by atomic mass is 10.1. The summed E-state index contributed by atoms with van der Waals surface area (Å²) in [7, 11) is 1.66. The molecular formula is C19H21BrClN3O2. The van der Waals surface area contributed by atoms with E-state index in [0.717, 1.165) is 41.1 Å². The van der Waals surface area contributed by atoms with Crippen LogP contribution in [0.4, 0.5) is 10.5 Å². The number of amides is 2. The minimum atomic E-state index is -0.0666. The first-order valence-corrected chi connectivity index (χ1v) is 9.58. The zero-order valence-electron chi connectivity index (χ0n) is 14.5. The second kappa shape index (κ2) is 8.75. The molecule has 0 saturated carbocycles. The minimum absolute atomic E-state index is 0.0666. The van der Waals surface area contributed by atoms with Crippen LogP contribution >= 0.6 is 27.5 Å². The molecule has 26 heavy (non-hydrogen) atoms. The maximum atomic E-state index is 12.4. The summed E-state index contributed by atoms with van der Waals surface area (Å²) in [5, 5.41) is 3.65.